The molecule has 8 heteroatoms. The second-order valence-corrected chi connectivity index (χ2v) is 4.57. The fraction of sp³-hybridized carbons (Fsp3) is 0.462. The Morgan fingerprint density at radius 1 is 1.33 bits per heavy atom. The molecular formula is C13H15F5N2O. The van der Waals surface area contributed by atoms with E-state index in [4.69, 9.17) is 0 Å². The molecule has 0 aliphatic rings. The van der Waals surface area contributed by atoms with Gasteiger partial charge in [0.15, 0.2) is 0 Å². The Labute approximate surface area is 118 Å². The van der Waals surface area contributed by atoms with Crippen molar-refractivity contribution in [2.75, 3.05) is 20.1 Å². The maximum atomic E-state index is 13.6. The Hall–Kier alpha value is -1.70. The molecule has 0 aliphatic carbocycles. The largest absolute Gasteiger partial charge is 0.401 e. The lowest BCUT2D eigenvalue weighted by Gasteiger charge is -2.26. The van der Waals surface area contributed by atoms with Crippen LogP contribution in [0.4, 0.5) is 22.0 Å². The molecule has 1 aromatic carbocycles. The van der Waals surface area contributed by atoms with Crippen LogP contribution in [0.15, 0.2) is 18.2 Å². The molecule has 0 heterocycles. The number of nitrogens with zero attached hydrogens (tertiary/aromatic N) is 1. The van der Waals surface area contributed by atoms with Gasteiger partial charge in [0.25, 0.3) is 0 Å². The minimum Gasteiger partial charge on any atom is -0.338 e. The van der Waals surface area contributed by atoms with E-state index in [1.807, 2.05) is 5.32 Å². The first-order chi connectivity index (χ1) is 9.61. The maximum Gasteiger partial charge on any atom is 0.401 e. The summed E-state index contributed by atoms with van der Waals surface area (Å²) < 4.78 is 62.5. The van der Waals surface area contributed by atoms with Crippen LogP contribution >= 0.6 is 0 Å². The summed E-state index contributed by atoms with van der Waals surface area (Å²) in [5.74, 6) is -2.00. The fourth-order valence-electron chi connectivity index (χ4n) is 1.70. The van der Waals surface area contributed by atoms with Crippen LogP contribution in [0.25, 0.3) is 0 Å². The molecule has 0 radical (unpaired) electrons. The standard InChI is InChI=1S/C13H15F5N2O/c1-8(10-5-9(14)3-4-11(10)15)20(2)12(21)6-19-7-13(16,17)18/h3-5,8,19H,6-7H2,1-2H3. The number of hydrogen-bond donors (Lipinski definition) is 1. The molecule has 0 saturated heterocycles. The minimum absolute atomic E-state index is 0.0401. The lowest BCUT2D eigenvalue weighted by molar-refractivity contribution is -0.134. The zero-order valence-electron chi connectivity index (χ0n) is 11.5. The van der Waals surface area contributed by atoms with Crippen LogP contribution in [0.1, 0.15) is 18.5 Å². The molecule has 1 rings (SSSR count). The summed E-state index contributed by atoms with van der Waals surface area (Å²) in [5, 5.41) is 1.95. The summed E-state index contributed by atoms with van der Waals surface area (Å²) >= 11 is 0. The number of rotatable bonds is 5. The summed E-state index contributed by atoms with van der Waals surface area (Å²) in [5.41, 5.74) is -0.0401. The number of carbonyl (C=O) groups is 1. The van der Waals surface area contributed by atoms with Gasteiger partial charge in [0.1, 0.15) is 11.6 Å². The molecular weight excluding hydrogens is 295 g/mol. The molecule has 1 amide bonds. The van der Waals surface area contributed by atoms with Gasteiger partial charge in [0, 0.05) is 12.6 Å². The summed E-state index contributed by atoms with van der Waals surface area (Å²) in [6.45, 7) is -0.383. The third kappa shape index (κ3) is 5.30. The molecule has 0 fully saturated rings. The Bertz CT molecular complexity index is 504. The van der Waals surface area contributed by atoms with Gasteiger partial charge < -0.3 is 10.2 Å². The van der Waals surface area contributed by atoms with Crippen LogP contribution in [-0.4, -0.2) is 37.1 Å². The van der Waals surface area contributed by atoms with E-state index in [-0.39, 0.29) is 5.56 Å². The molecule has 0 aliphatic heterocycles. The normalized spacial score (nSPS) is 13.1. The van der Waals surface area contributed by atoms with E-state index < -0.39 is 42.8 Å². The van der Waals surface area contributed by atoms with Gasteiger partial charge in [-0.2, -0.15) is 13.2 Å². The number of amides is 1. The van der Waals surface area contributed by atoms with Crippen LogP contribution in [0.3, 0.4) is 0 Å². The summed E-state index contributed by atoms with van der Waals surface area (Å²) in [4.78, 5) is 12.8. The van der Waals surface area contributed by atoms with E-state index in [1.54, 1.807) is 0 Å². The zero-order valence-corrected chi connectivity index (χ0v) is 11.5. The van der Waals surface area contributed by atoms with E-state index in [2.05, 4.69) is 0 Å². The second kappa shape index (κ2) is 6.84. The summed E-state index contributed by atoms with van der Waals surface area (Å²) in [6, 6.07) is 2.02. The number of nitrogens with one attached hydrogen (secondary N) is 1. The van der Waals surface area contributed by atoms with E-state index in [0.717, 1.165) is 23.1 Å². The van der Waals surface area contributed by atoms with Gasteiger partial charge >= 0.3 is 6.18 Å². The first kappa shape index (κ1) is 17.4. The average molecular weight is 310 g/mol. The third-order valence-electron chi connectivity index (χ3n) is 2.98. The molecule has 21 heavy (non-hydrogen) atoms. The maximum absolute atomic E-state index is 13.6. The third-order valence-corrected chi connectivity index (χ3v) is 2.98. The number of likely N-dealkylation sites (N-methyl/N-ethyl adjacent to an activating group) is 1. The molecule has 1 aromatic rings. The first-order valence-corrected chi connectivity index (χ1v) is 6.10. The van der Waals surface area contributed by atoms with Crippen molar-refractivity contribution in [1.82, 2.24) is 10.2 Å². The quantitative estimate of drug-likeness (QED) is 0.848. The predicted octanol–water partition coefficient (Wildman–Crippen LogP) is 2.64. The topological polar surface area (TPSA) is 32.3 Å². The smallest absolute Gasteiger partial charge is 0.338 e. The van der Waals surface area contributed by atoms with Crippen molar-refractivity contribution in [3.8, 4) is 0 Å². The zero-order chi connectivity index (χ0) is 16.2. The molecule has 1 unspecified atom stereocenters. The highest BCUT2D eigenvalue weighted by atomic mass is 19.4. The Morgan fingerprint density at radius 2 is 1.95 bits per heavy atom. The molecule has 118 valence electrons. The highest BCUT2D eigenvalue weighted by molar-refractivity contribution is 5.78. The molecule has 1 atom stereocenters. The number of carbonyl (C=O) groups excluding carboxylic acids is 1. The summed E-state index contributed by atoms with van der Waals surface area (Å²) in [7, 11) is 1.31. The molecule has 3 nitrogen and oxygen atoms in total. The molecule has 1 N–H and O–H groups in total. The Balaban J connectivity index is 2.67. The van der Waals surface area contributed by atoms with E-state index in [1.165, 1.54) is 14.0 Å². The lowest BCUT2D eigenvalue weighted by atomic mass is 10.1. The van der Waals surface area contributed by atoms with Crippen molar-refractivity contribution in [3.05, 3.63) is 35.4 Å². The molecule has 0 aromatic heterocycles. The van der Waals surface area contributed by atoms with Gasteiger partial charge in [-0.1, -0.05) is 0 Å². The predicted molar refractivity (Wildman–Crippen MR) is 66.5 cm³/mol. The van der Waals surface area contributed by atoms with Crippen molar-refractivity contribution < 1.29 is 26.7 Å². The van der Waals surface area contributed by atoms with E-state index in [0.29, 0.717) is 0 Å². The van der Waals surface area contributed by atoms with Gasteiger partial charge in [0.2, 0.25) is 5.91 Å². The van der Waals surface area contributed by atoms with Crippen LogP contribution in [0, 0.1) is 11.6 Å². The van der Waals surface area contributed by atoms with Crippen LogP contribution in [0.2, 0.25) is 0 Å². The lowest BCUT2D eigenvalue weighted by Crippen LogP contribution is -2.40. The van der Waals surface area contributed by atoms with Crippen molar-refractivity contribution >= 4 is 5.91 Å². The molecule has 0 bridgehead atoms. The SMILES string of the molecule is CC(c1cc(F)ccc1F)N(C)C(=O)CNCC(F)(F)F. The number of benzene rings is 1. The highest BCUT2D eigenvalue weighted by Crippen LogP contribution is 2.22. The van der Waals surface area contributed by atoms with Crippen molar-refractivity contribution in [1.29, 1.82) is 0 Å². The minimum atomic E-state index is -4.42. The Kier molecular flexibility index (Phi) is 5.65. The van der Waals surface area contributed by atoms with Gasteiger partial charge in [-0.25, -0.2) is 8.78 Å². The van der Waals surface area contributed by atoms with Crippen molar-refractivity contribution in [2.45, 2.75) is 19.1 Å². The second-order valence-electron chi connectivity index (χ2n) is 4.57. The van der Waals surface area contributed by atoms with Crippen molar-refractivity contribution in [3.63, 3.8) is 0 Å². The van der Waals surface area contributed by atoms with Crippen LogP contribution in [-0.2, 0) is 4.79 Å². The number of halogens is 5. The van der Waals surface area contributed by atoms with Gasteiger partial charge in [-0.05, 0) is 25.1 Å². The summed E-state index contributed by atoms with van der Waals surface area (Å²) in [6.07, 6.45) is -4.42. The number of alkyl halides is 3. The van der Waals surface area contributed by atoms with E-state index >= 15 is 0 Å². The van der Waals surface area contributed by atoms with E-state index in [9.17, 15) is 26.7 Å². The van der Waals surface area contributed by atoms with Gasteiger partial charge in [-0.3, -0.25) is 4.79 Å². The van der Waals surface area contributed by atoms with Gasteiger partial charge in [0.05, 0.1) is 19.1 Å². The molecule has 0 spiro atoms. The first-order valence-electron chi connectivity index (χ1n) is 6.10. The molecule has 0 saturated carbocycles. The monoisotopic (exact) mass is 310 g/mol. The highest BCUT2D eigenvalue weighted by Gasteiger charge is 2.27. The van der Waals surface area contributed by atoms with Gasteiger partial charge in [-0.15, -0.1) is 0 Å². The van der Waals surface area contributed by atoms with Crippen molar-refractivity contribution in [2.24, 2.45) is 0 Å². The average Bonchev–Trinajstić information content (AvgIpc) is 2.38. The number of hydrogen-bond acceptors (Lipinski definition) is 2. The van der Waals surface area contributed by atoms with Crippen LogP contribution < -0.4 is 5.32 Å². The Morgan fingerprint density at radius 3 is 2.52 bits per heavy atom. The fourth-order valence-corrected chi connectivity index (χ4v) is 1.70. The van der Waals surface area contributed by atoms with Crippen LogP contribution in [0.5, 0.6) is 0 Å².